The Morgan fingerprint density at radius 2 is 1.93 bits per heavy atom. The highest BCUT2D eigenvalue weighted by Gasteiger charge is 2.08. The minimum absolute atomic E-state index is 0. The number of unbranched alkanes of at least 4 members (excludes halogenated alkanes) is 1. The van der Waals surface area contributed by atoms with Crippen LogP contribution >= 0.6 is 35.6 Å². The van der Waals surface area contributed by atoms with Gasteiger partial charge in [0.2, 0.25) is 0 Å². The van der Waals surface area contributed by atoms with Crippen molar-refractivity contribution in [1.82, 2.24) is 14.8 Å². The van der Waals surface area contributed by atoms with Gasteiger partial charge in [-0.25, -0.2) is 0 Å². The molecule has 2 aromatic rings. The third-order valence-corrected chi connectivity index (χ3v) is 4.67. The molecule has 0 aliphatic rings. The monoisotopic (exact) mass is 502 g/mol. The van der Waals surface area contributed by atoms with Crippen LogP contribution < -0.4 is 10.9 Å². The Morgan fingerprint density at radius 1 is 1.19 bits per heavy atom. The van der Waals surface area contributed by atoms with Crippen LogP contribution in [0.5, 0.6) is 0 Å². The lowest BCUT2D eigenvalue weighted by Gasteiger charge is -2.22. The quantitative estimate of drug-likeness (QED) is 0.270. The van der Waals surface area contributed by atoms with Crippen molar-refractivity contribution in [3.8, 4) is 0 Å². The number of nitrogens with zero attached hydrogens (tertiary/aromatic N) is 3. The van der Waals surface area contributed by atoms with Gasteiger partial charge < -0.3 is 14.8 Å². The first-order chi connectivity index (χ1) is 12.5. The lowest BCUT2D eigenvalue weighted by molar-refractivity contribution is 0.472. The Balaban J connectivity index is 0.00000364. The van der Waals surface area contributed by atoms with E-state index >= 15 is 0 Å². The normalized spacial score (nSPS) is 11.0. The number of guanidine groups is 1. The van der Waals surface area contributed by atoms with Crippen LogP contribution in [-0.4, -0.2) is 36.1 Å². The molecule has 1 aromatic heterocycles. The summed E-state index contributed by atoms with van der Waals surface area (Å²) in [6.07, 6.45) is 1.89. The smallest absolute Gasteiger partial charge is 0.250 e. The zero-order valence-electron chi connectivity index (χ0n) is 16.1. The summed E-state index contributed by atoms with van der Waals surface area (Å²) in [5.74, 6) is 0.831. The average Bonchev–Trinajstić information content (AvgIpc) is 2.62. The van der Waals surface area contributed by atoms with Crippen LogP contribution in [0.25, 0.3) is 0 Å². The van der Waals surface area contributed by atoms with Crippen LogP contribution in [0.3, 0.4) is 0 Å². The van der Waals surface area contributed by atoms with Crippen LogP contribution in [-0.2, 0) is 13.1 Å². The van der Waals surface area contributed by atoms with E-state index < -0.39 is 0 Å². The Labute approximate surface area is 183 Å². The third kappa shape index (κ3) is 7.18. The molecule has 0 amide bonds. The van der Waals surface area contributed by atoms with Crippen LogP contribution in [0.4, 0.5) is 0 Å². The largest absolute Gasteiger partial charge is 0.356 e. The predicted molar refractivity (Wildman–Crippen MR) is 124 cm³/mol. The maximum absolute atomic E-state index is 11.9. The first-order valence-electron chi connectivity index (χ1n) is 8.84. The van der Waals surface area contributed by atoms with Crippen molar-refractivity contribution in [1.29, 1.82) is 0 Å². The molecule has 0 fully saturated rings. The van der Waals surface area contributed by atoms with Crippen molar-refractivity contribution in [3.63, 3.8) is 0 Å². The summed E-state index contributed by atoms with van der Waals surface area (Å²) in [6, 6.07) is 13.2. The maximum Gasteiger partial charge on any atom is 0.250 e. The van der Waals surface area contributed by atoms with Crippen molar-refractivity contribution in [2.24, 2.45) is 4.99 Å². The number of halogens is 2. The Kier molecular flexibility index (Phi) is 10.5. The number of hydrogen-bond acceptors (Lipinski definition) is 2. The number of rotatable bonds is 7. The molecule has 1 N–H and O–H groups in total. The van der Waals surface area contributed by atoms with E-state index in [1.165, 1.54) is 0 Å². The molecule has 0 aliphatic heterocycles. The van der Waals surface area contributed by atoms with Crippen molar-refractivity contribution in [2.75, 3.05) is 20.6 Å². The van der Waals surface area contributed by atoms with Crippen molar-refractivity contribution in [3.05, 3.63) is 69.1 Å². The lowest BCUT2D eigenvalue weighted by atomic mass is 10.2. The minimum Gasteiger partial charge on any atom is -0.356 e. The van der Waals surface area contributed by atoms with Gasteiger partial charge in [0.05, 0.1) is 0 Å². The molecule has 5 nitrogen and oxygen atoms in total. The molecule has 0 saturated carbocycles. The fraction of sp³-hybridized carbons (Fsp3) is 0.400. The van der Waals surface area contributed by atoms with E-state index in [2.05, 4.69) is 10.3 Å². The Hall–Kier alpha value is -1.54. The minimum atomic E-state index is 0. The number of pyridine rings is 1. The van der Waals surface area contributed by atoms with E-state index in [-0.39, 0.29) is 29.5 Å². The Bertz CT molecular complexity index is 807. The average molecular weight is 503 g/mol. The van der Waals surface area contributed by atoms with Crippen LogP contribution in [0.15, 0.2) is 52.3 Å². The lowest BCUT2D eigenvalue weighted by Crippen LogP contribution is -2.39. The molecular formula is C20H28ClIN4O. The summed E-state index contributed by atoms with van der Waals surface area (Å²) >= 11 is 6.23. The Morgan fingerprint density at radius 3 is 2.59 bits per heavy atom. The zero-order chi connectivity index (χ0) is 18.9. The van der Waals surface area contributed by atoms with Gasteiger partial charge in [-0.05, 0) is 37.5 Å². The fourth-order valence-electron chi connectivity index (χ4n) is 2.85. The number of aliphatic imine (C=N–C) groups is 1. The first-order valence-corrected chi connectivity index (χ1v) is 9.22. The molecule has 0 saturated heterocycles. The number of hydrogen-bond donors (Lipinski definition) is 1. The second kappa shape index (κ2) is 12.0. The van der Waals surface area contributed by atoms with E-state index in [1.807, 2.05) is 53.8 Å². The molecule has 0 radical (unpaired) electrons. The summed E-state index contributed by atoms with van der Waals surface area (Å²) in [5.41, 5.74) is 2.13. The van der Waals surface area contributed by atoms with E-state index in [9.17, 15) is 4.79 Å². The zero-order valence-corrected chi connectivity index (χ0v) is 19.2. The van der Waals surface area contributed by atoms with E-state index in [1.54, 1.807) is 19.2 Å². The highest BCUT2D eigenvalue weighted by Crippen LogP contribution is 2.16. The van der Waals surface area contributed by atoms with E-state index in [4.69, 9.17) is 11.6 Å². The van der Waals surface area contributed by atoms with Gasteiger partial charge in [0, 0.05) is 50.5 Å². The van der Waals surface area contributed by atoms with E-state index in [0.29, 0.717) is 6.54 Å². The second-order valence-electron chi connectivity index (χ2n) is 6.29. The SMILES string of the molecule is CN=C(NCCCCn1c(C)cccc1=O)N(C)Cc1ccccc1Cl.I. The second-order valence-corrected chi connectivity index (χ2v) is 6.69. The van der Waals surface area contributed by atoms with Gasteiger partial charge in [0.25, 0.3) is 5.56 Å². The van der Waals surface area contributed by atoms with Gasteiger partial charge in [-0.15, -0.1) is 24.0 Å². The molecule has 7 heteroatoms. The van der Waals surface area contributed by atoms with E-state index in [0.717, 1.165) is 48.2 Å². The highest BCUT2D eigenvalue weighted by atomic mass is 127. The van der Waals surface area contributed by atoms with Crippen molar-refractivity contribution in [2.45, 2.75) is 32.9 Å². The first kappa shape index (κ1) is 23.5. The van der Waals surface area contributed by atoms with Gasteiger partial charge in [-0.1, -0.05) is 35.9 Å². The molecule has 1 aromatic carbocycles. The number of benzene rings is 1. The summed E-state index contributed by atoms with van der Waals surface area (Å²) < 4.78 is 1.82. The van der Waals surface area contributed by atoms with Gasteiger partial charge >= 0.3 is 0 Å². The third-order valence-electron chi connectivity index (χ3n) is 4.30. The molecule has 0 spiro atoms. The molecule has 0 unspecified atom stereocenters. The fourth-order valence-corrected chi connectivity index (χ4v) is 3.04. The molecule has 27 heavy (non-hydrogen) atoms. The standard InChI is InChI=1S/C20H27ClN4O.HI/c1-16-9-8-12-19(26)25(16)14-7-6-13-23-20(22-2)24(3)15-17-10-4-5-11-18(17)21;/h4-5,8-12H,6-7,13-15H2,1-3H3,(H,22,23);1H. The van der Waals surface area contributed by atoms with Crippen LogP contribution in [0.2, 0.25) is 5.02 Å². The molecular weight excluding hydrogens is 475 g/mol. The van der Waals surface area contributed by atoms with Crippen LogP contribution in [0.1, 0.15) is 24.1 Å². The molecule has 2 rings (SSSR count). The highest BCUT2D eigenvalue weighted by molar-refractivity contribution is 14.0. The van der Waals surface area contributed by atoms with Gasteiger partial charge in [0.15, 0.2) is 5.96 Å². The summed E-state index contributed by atoms with van der Waals surface area (Å²) in [5, 5.41) is 4.13. The molecule has 0 aliphatic carbocycles. The number of nitrogens with one attached hydrogen (secondary N) is 1. The van der Waals surface area contributed by atoms with Crippen LogP contribution in [0, 0.1) is 6.92 Å². The summed E-state index contributed by atoms with van der Waals surface area (Å²) in [4.78, 5) is 18.2. The van der Waals surface area contributed by atoms with Gasteiger partial charge in [-0.2, -0.15) is 0 Å². The molecule has 0 bridgehead atoms. The predicted octanol–water partition coefficient (Wildman–Crippen LogP) is 3.92. The number of aryl methyl sites for hydroxylation is 1. The summed E-state index contributed by atoms with van der Waals surface area (Å²) in [7, 11) is 3.77. The molecule has 0 atom stereocenters. The van der Waals surface area contributed by atoms with Gasteiger partial charge in [0.1, 0.15) is 0 Å². The molecule has 148 valence electrons. The molecule has 1 heterocycles. The topological polar surface area (TPSA) is 49.6 Å². The van der Waals surface area contributed by atoms with Crippen molar-refractivity contribution < 1.29 is 0 Å². The van der Waals surface area contributed by atoms with Gasteiger partial charge in [-0.3, -0.25) is 9.79 Å². The number of aromatic nitrogens is 1. The summed E-state index contributed by atoms with van der Waals surface area (Å²) in [6.45, 7) is 4.20. The van der Waals surface area contributed by atoms with Crippen molar-refractivity contribution >= 4 is 41.5 Å². The maximum atomic E-state index is 11.9.